The van der Waals surface area contributed by atoms with Crippen molar-refractivity contribution in [2.24, 2.45) is 0 Å². The van der Waals surface area contributed by atoms with E-state index in [1.807, 2.05) is 0 Å². The lowest BCUT2D eigenvalue weighted by molar-refractivity contribution is 0.200. The smallest absolute Gasteiger partial charge is 0.0187 e. The van der Waals surface area contributed by atoms with Crippen LogP contribution in [0.1, 0.15) is 89.9 Å². The number of nitrogens with one attached hydrogen (secondary N) is 1. The molecule has 3 rings (SSSR count). The Balaban J connectivity index is 1.79. The summed E-state index contributed by atoms with van der Waals surface area (Å²) < 4.78 is 0. The van der Waals surface area contributed by atoms with Gasteiger partial charge in [-0.2, -0.15) is 0 Å². The summed E-state index contributed by atoms with van der Waals surface area (Å²) in [6, 6.07) is 0. The maximum atomic E-state index is 4.19. The Morgan fingerprint density at radius 1 is 0.412 bits per heavy atom. The molecule has 3 heterocycles. The molecule has 3 saturated heterocycles. The first-order valence-corrected chi connectivity index (χ1v) is 8.12. The van der Waals surface area contributed by atoms with Gasteiger partial charge in [0.25, 0.3) is 0 Å². The molecule has 0 spiro atoms. The molecule has 0 aromatic rings. The molecule has 3 aliphatic heterocycles. The Labute approximate surface area is 107 Å². The van der Waals surface area contributed by atoms with Gasteiger partial charge in [-0.25, -0.2) is 0 Å². The zero-order chi connectivity index (χ0) is 11.6. The minimum absolute atomic E-state index is 0.567. The zero-order valence-corrected chi connectivity index (χ0v) is 11.4. The summed E-state index contributed by atoms with van der Waals surface area (Å²) in [5, 5.41) is 4.19. The highest BCUT2D eigenvalue weighted by atomic mass is 15.1. The molecule has 3 aliphatic rings. The van der Waals surface area contributed by atoms with Crippen LogP contribution in [0.25, 0.3) is 0 Å². The van der Waals surface area contributed by atoms with Crippen molar-refractivity contribution in [3.8, 4) is 0 Å². The van der Waals surface area contributed by atoms with Gasteiger partial charge in [0.15, 0.2) is 0 Å². The topological polar surface area (TPSA) is 12.0 Å². The van der Waals surface area contributed by atoms with Gasteiger partial charge in [0.1, 0.15) is 0 Å². The molecular weight excluding hydrogens is 206 g/mol. The first-order valence-electron chi connectivity index (χ1n) is 8.12. The molecule has 0 radical (unpaired) electrons. The standard InChI is InChI=1S/C16H29N/c1-2-5-9-15-11-7-4-8-12-16(17-15,14-13-15)10-6-3-1/h17H,1-14H2. The molecule has 3 fully saturated rings. The van der Waals surface area contributed by atoms with Gasteiger partial charge in [-0.05, 0) is 38.5 Å². The lowest BCUT2D eigenvalue weighted by atomic mass is 9.83. The third-order valence-electron chi connectivity index (χ3n) is 5.73. The van der Waals surface area contributed by atoms with Crippen LogP contribution in [0.3, 0.4) is 0 Å². The molecule has 1 N–H and O–H groups in total. The van der Waals surface area contributed by atoms with Crippen molar-refractivity contribution in [3.05, 3.63) is 0 Å². The average molecular weight is 235 g/mol. The van der Waals surface area contributed by atoms with Crippen LogP contribution in [0.4, 0.5) is 0 Å². The molecule has 2 unspecified atom stereocenters. The molecule has 17 heavy (non-hydrogen) atoms. The molecule has 98 valence electrons. The zero-order valence-electron chi connectivity index (χ0n) is 11.4. The Kier molecular flexibility index (Phi) is 3.47. The summed E-state index contributed by atoms with van der Waals surface area (Å²) in [5.41, 5.74) is 1.13. The lowest BCUT2D eigenvalue weighted by Gasteiger charge is -2.39. The molecule has 0 aromatic carbocycles. The monoisotopic (exact) mass is 235 g/mol. The Morgan fingerprint density at radius 2 is 0.765 bits per heavy atom. The fourth-order valence-electron chi connectivity index (χ4n) is 4.73. The van der Waals surface area contributed by atoms with Crippen molar-refractivity contribution in [1.82, 2.24) is 5.32 Å². The van der Waals surface area contributed by atoms with Crippen LogP contribution in [-0.4, -0.2) is 11.1 Å². The van der Waals surface area contributed by atoms with Gasteiger partial charge >= 0.3 is 0 Å². The van der Waals surface area contributed by atoms with Gasteiger partial charge in [0.2, 0.25) is 0 Å². The maximum Gasteiger partial charge on any atom is 0.0187 e. The molecule has 0 aromatic heterocycles. The predicted octanol–water partition coefficient (Wildman–Crippen LogP) is 4.56. The van der Waals surface area contributed by atoms with Crippen molar-refractivity contribution in [2.45, 2.75) is 101 Å². The molecule has 1 heteroatoms. The highest BCUT2D eigenvalue weighted by Crippen LogP contribution is 2.45. The quantitative estimate of drug-likeness (QED) is 0.649. The largest absolute Gasteiger partial charge is 0.306 e. The van der Waals surface area contributed by atoms with Crippen LogP contribution in [0, 0.1) is 0 Å². The molecule has 1 nitrogen and oxygen atoms in total. The maximum absolute atomic E-state index is 4.19. The Hall–Kier alpha value is -0.0400. The van der Waals surface area contributed by atoms with Gasteiger partial charge in [0.05, 0.1) is 0 Å². The van der Waals surface area contributed by atoms with Gasteiger partial charge in [0, 0.05) is 11.1 Å². The van der Waals surface area contributed by atoms with E-state index in [2.05, 4.69) is 5.32 Å². The van der Waals surface area contributed by atoms with E-state index in [1.54, 1.807) is 0 Å². The summed E-state index contributed by atoms with van der Waals surface area (Å²) in [7, 11) is 0. The van der Waals surface area contributed by atoms with Gasteiger partial charge < -0.3 is 5.32 Å². The Bertz CT molecular complexity index is 230. The van der Waals surface area contributed by atoms with Crippen molar-refractivity contribution < 1.29 is 0 Å². The molecule has 0 amide bonds. The summed E-state index contributed by atoms with van der Waals surface area (Å²) in [6.45, 7) is 0. The minimum atomic E-state index is 0.567. The fraction of sp³-hybridized carbons (Fsp3) is 1.00. The van der Waals surface area contributed by atoms with Gasteiger partial charge in [-0.3, -0.25) is 0 Å². The molecule has 0 aliphatic carbocycles. The van der Waals surface area contributed by atoms with E-state index in [0.717, 1.165) is 0 Å². The molecular formula is C16H29N. The van der Waals surface area contributed by atoms with E-state index >= 15 is 0 Å². The van der Waals surface area contributed by atoms with Crippen LogP contribution in [0.15, 0.2) is 0 Å². The van der Waals surface area contributed by atoms with E-state index < -0.39 is 0 Å². The number of rotatable bonds is 0. The number of hydrogen-bond donors (Lipinski definition) is 1. The summed E-state index contributed by atoms with van der Waals surface area (Å²) in [4.78, 5) is 0. The minimum Gasteiger partial charge on any atom is -0.306 e. The summed E-state index contributed by atoms with van der Waals surface area (Å²) in [5.74, 6) is 0. The van der Waals surface area contributed by atoms with Crippen LogP contribution in [-0.2, 0) is 0 Å². The highest BCUT2D eigenvalue weighted by molar-refractivity contribution is 5.07. The van der Waals surface area contributed by atoms with Crippen LogP contribution in [0.2, 0.25) is 0 Å². The van der Waals surface area contributed by atoms with Crippen molar-refractivity contribution >= 4 is 0 Å². The van der Waals surface area contributed by atoms with E-state index in [9.17, 15) is 0 Å². The van der Waals surface area contributed by atoms with E-state index in [4.69, 9.17) is 0 Å². The highest BCUT2D eigenvalue weighted by Gasteiger charge is 2.46. The van der Waals surface area contributed by atoms with Crippen molar-refractivity contribution in [3.63, 3.8) is 0 Å². The Morgan fingerprint density at radius 3 is 1.24 bits per heavy atom. The third-order valence-corrected chi connectivity index (χ3v) is 5.73. The second-order valence-corrected chi connectivity index (χ2v) is 7.01. The predicted molar refractivity (Wildman–Crippen MR) is 73.2 cm³/mol. The van der Waals surface area contributed by atoms with Crippen LogP contribution in [0.5, 0.6) is 0 Å². The SMILES string of the molecule is C1CCCC23CCCCCC(CCC1)(CC2)N3. The van der Waals surface area contributed by atoms with E-state index in [-0.39, 0.29) is 0 Å². The number of hydrogen-bond acceptors (Lipinski definition) is 1. The first-order chi connectivity index (χ1) is 8.33. The first kappa shape index (κ1) is 12.0. The lowest BCUT2D eigenvalue weighted by Crippen LogP contribution is -2.51. The average Bonchev–Trinajstić information content (AvgIpc) is 2.68. The third kappa shape index (κ3) is 2.54. The van der Waals surface area contributed by atoms with E-state index in [1.165, 1.54) is 89.9 Å². The van der Waals surface area contributed by atoms with E-state index in [0.29, 0.717) is 11.1 Å². The summed E-state index contributed by atoms with van der Waals surface area (Å²) >= 11 is 0. The fourth-order valence-corrected chi connectivity index (χ4v) is 4.73. The normalized spacial score (nSPS) is 43.8. The second kappa shape index (κ2) is 4.91. The van der Waals surface area contributed by atoms with Crippen molar-refractivity contribution in [1.29, 1.82) is 0 Å². The van der Waals surface area contributed by atoms with Gasteiger partial charge in [-0.15, -0.1) is 0 Å². The summed E-state index contributed by atoms with van der Waals surface area (Å²) in [6.07, 6.45) is 20.7. The molecule has 2 atom stereocenters. The van der Waals surface area contributed by atoms with Crippen molar-refractivity contribution in [2.75, 3.05) is 0 Å². The molecule has 0 saturated carbocycles. The van der Waals surface area contributed by atoms with Crippen LogP contribution < -0.4 is 5.32 Å². The molecule has 2 bridgehead atoms. The second-order valence-electron chi connectivity index (χ2n) is 7.01. The van der Waals surface area contributed by atoms with Gasteiger partial charge in [-0.1, -0.05) is 51.4 Å². The van der Waals surface area contributed by atoms with Crippen LogP contribution >= 0.6 is 0 Å².